The summed E-state index contributed by atoms with van der Waals surface area (Å²) in [4.78, 5) is 14.4. The highest BCUT2D eigenvalue weighted by Gasteiger charge is 2.26. The number of rotatable bonds is 4. The average molecular weight is 246 g/mol. The van der Waals surface area contributed by atoms with Crippen LogP contribution in [0.3, 0.4) is 0 Å². The number of hydrogen-bond acceptors (Lipinski definition) is 2. The van der Waals surface area contributed by atoms with Gasteiger partial charge in [0.1, 0.15) is 0 Å². The third kappa shape index (κ3) is 2.91. The summed E-state index contributed by atoms with van der Waals surface area (Å²) in [5.74, 6) is 0.852. The van der Waals surface area contributed by atoms with E-state index in [0.717, 1.165) is 43.6 Å². The van der Waals surface area contributed by atoms with Gasteiger partial charge in [-0.2, -0.15) is 0 Å². The third-order valence-corrected chi connectivity index (χ3v) is 3.75. The second-order valence-electron chi connectivity index (χ2n) is 5.11. The van der Waals surface area contributed by atoms with E-state index in [4.69, 9.17) is 0 Å². The number of carbonyl (C=O) groups excluding carboxylic acids is 1. The maximum Gasteiger partial charge on any atom is 0.254 e. The van der Waals surface area contributed by atoms with Gasteiger partial charge in [-0.25, -0.2) is 0 Å². The summed E-state index contributed by atoms with van der Waals surface area (Å²) in [7, 11) is 1.98. The van der Waals surface area contributed by atoms with E-state index in [1.807, 2.05) is 43.1 Å². The molecule has 1 unspecified atom stereocenters. The Kier molecular flexibility index (Phi) is 4.37. The molecule has 0 spiro atoms. The van der Waals surface area contributed by atoms with Gasteiger partial charge in [0.2, 0.25) is 0 Å². The molecule has 1 aliphatic rings. The molecule has 1 amide bonds. The van der Waals surface area contributed by atoms with Gasteiger partial charge in [-0.1, -0.05) is 18.2 Å². The monoisotopic (exact) mass is 246 g/mol. The Bertz CT molecular complexity index is 417. The number of amides is 1. The van der Waals surface area contributed by atoms with Crippen LogP contribution in [0.2, 0.25) is 0 Å². The van der Waals surface area contributed by atoms with Crippen LogP contribution in [0.1, 0.15) is 28.8 Å². The first-order valence-electron chi connectivity index (χ1n) is 6.72. The minimum Gasteiger partial charge on any atom is -0.338 e. The molecular formula is C15H22N2O. The van der Waals surface area contributed by atoms with Crippen molar-refractivity contribution in [1.82, 2.24) is 10.2 Å². The van der Waals surface area contributed by atoms with Gasteiger partial charge in [-0.3, -0.25) is 4.79 Å². The van der Waals surface area contributed by atoms with Gasteiger partial charge in [-0.15, -0.1) is 0 Å². The third-order valence-electron chi connectivity index (χ3n) is 3.75. The largest absolute Gasteiger partial charge is 0.338 e. The fourth-order valence-corrected chi connectivity index (χ4v) is 2.58. The molecule has 1 saturated heterocycles. The molecule has 3 nitrogen and oxygen atoms in total. The summed E-state index contributed by atoms with van der Waals surface area (Å²) in [5, 5.41) is 3.18. The van der Waals surface area contributed by atoms with Crippen LogP contribution in [0.4, 0.5) is 0 Å². The molecule has 3 heteroatoms. The van der Waals surface area contributed by atoms with Crippen LogP contribution in [-0.4, -0.2) is 37.5 Å². The first-order chi connectivity index (χ1) is 8.72. The molecule has 0 bridgehead atoms. The lowest BCUT2D eigenvalue weighted by Gasteiger charge is -2.17. The van der Waals surface area contributed by atoms with Crippen molar-refractivity contribution in [2.45, 2.75) is 19.8 Å². The number of carbonyl (C=O) groups is 1. The predicted octanol–water partition coefficient (Wildman–Crippen LogP) is 2.07. The molecule has 0 radical (unpaired) electrons. The summed E-state index contributed by atoms with van der Waals surface area (Å²) in [6.45, 7) is 4.86. The molecule has 18 heavy (non-hydrogen) atoms. The molecule has 98 valence electrons. The lowest BCUT2D eigenvalue weighted by Crippen LogP contribution is -2.29. The molecule has 1 aromatic carbocycles. The van der Waals surface area contributed by atoms with Crippen LogP contribution in [0, 0.1) is 12.8 Å². The van der Waals surface area contributed by atoms with Gasteiger partial charge >= 0.3 is 0 Å². The second kappa shape index (κ2) is 6.01. The minimum atomic E-state index is 0.194. The molecule has 0 aliphatic carbocycles. The van der Waals surface area contributed by atoms with Crippen LogP contribution in [0.15, 0.2) is 24.3 Å². The van der Waals surface area contributed by atoms with E-state index in [2.05, 4.69) is 5.32 Å². The molecule has 0 aromatic heterocycles. The molecule has 1 heterocycles. The smallest absolute Gasteiger partial charge is 0.254 e. The van der Waals surface area contributed by atoms with E-state index in [9.17, 15) is 4.79 Å². The first-order valence-corrected chi connectivity index (χ1v) is 6.72. The van der Waals surface area contributed by atoms with E-state index >= 15 is 0 Å². The molecule has 1 aromatic rings. The highest BCUT2D eigenvalue weighted by molar-refractivity contribution is 5.95. The van der Waals surface area contributed by atoms with Crippen LogP contribution < -0.4 is 5.32 Å². The Balaban J connectivity index is 1.97. The average Bonchev–Trinajstić information content (AvgIpc) is 2.85. The van der Waals surface area contributed by atoms with Crippen LogP contribution >= 0.6 is 0 Å². The van der Waals surface area contributed by atoms with Crippen molar-refractivity contribution in [3.05, 3.63) is 35.4 Å². The summed E-state index contributed by atoms with van der Waals surface area (Å²) in [6.07, 6.45) is 2.30. The number of nitrogens with zero attached hydrogens (tertiary/aromatic N) is 1. The quantitative estimate of drug-likeness (QED) is 0.882. The Morgan fingerprint density at radius 3 is 2.94 bits per heavy atom. The van der Waals surface area contributed by atoms with E-state index in [0.29, 0.717) is 5.92 Å². The van der Waals surface area contributed by atoms with E-state index in [1.54, 1.807) is 0 Å². The zero-order chi connectivity index (χ0) is 13.0. The SMILES string of the molecule is CNCCC1CCN(C(=O)c2ccccc2C)C1. The van der Waals surface area contributed by atoms with Gasteiger partial charge in [-0.05, 0) is 50.9 Å². The second-order valence-corrected chi connectivity index (χ2v) is 5.11. The lowest BCUT2D eigenvalue weighted by atomic mass is 10.1. The fourth-order valence-electron chi connectivity index (χ4n) is 2.58. The van der Waals surface area contributed by atoms with Crippen LogP contribution in [0.5, 0.6) is 0 Å². The van der Waals surface area contributed by atoms with Gasteiger partial charge in [0, 0.05) is 18.7 Å². The highest BCUT2D eigenvalue weighted by Crippen LogP contribution is 2.22. The highest BCUT2D eigenvalue weighted by atomic mass is 16.2. The Morgan fingerprint density at radius 2 is 2.22 bits per heavy atom. The van der Waals surface area contributed by atoms with Crippen LogP contribution in [0.25, 0.3) is 0 Å². The van der Waals surface area contributed by atoms with Gasteiger partial charge in [0.05, 0.1) is 0 Å². The van der Waals surface area contributed by atoms with Crippen molar-refractivity contribution < 1.29 is 4.79 Å². The maximum absolute atomic E-state index is 12.4. The summed E-state index contributed by atoms with van der Waals surface area (Å²) < 4.78 is 0. The normalized spacial score (nSPS) is 19.2. The van der Waals surface area contributed by atoms with Crippen molar-refractivity contribution in [2.75, 3.05) is 26.7 Å². The predicted molar refractivity (Wildman–Crippen MR) is 73.7 cm³/mol. The van der Waals surface area contributed by atoms with E-state index in [-0.39, 0.29) is 5.91 Å². The molecule has 1 aliphatic heterocycles. The van der Waals surface area contributed by atoms with Crippen molar-refractivity contribution >= 4 is 5.91 Å². The molecule has 2 rings (SSSR count). The van der Waals surface area contributed by atoms with Crippen molar-refractivity contribution in [2.24, 2.45) is 5.92 Å². The van der Waals surface area contributed by atoms with Crippen LogP contribution in [-0.2, 0) is 0 Å². The van der Waals surface area contributed by atoms with Crippen molar-refractivity contribution in [3.63, 3.8) is 0 Å². The number of nitrogens with one attached hydrogen (secondary N) is 1. The van der Waals surface area contributed by atoms with E-state index in [1.165, 1.54) is 0 Å². The zero-order valence-electron chi connectivity index (χ0n) is 11.3. The zero-order valence-corrected chi connectivity index (χ0v) is 11.3. The fraction of sp³-hybridized carbons (Fsp3) is 0.533. The first kappa shape index (κ1) is 13.1. The number of benzene rings is 1. The Labute approximate surface area is 109 Å². The summed E-state index contributed by atoms with van der Waals surface area (Å²) in [5.41, 5.74) is 1.92. The molecular weight excluding hydrogens is 224 g/mol. The summed E-state index contributed by atoms with van der Waals surface area (Å²) in [6, 6.07) is 7.85. The van der Waals surface area contributed by atoms with Crippen molar-refractivity contribution in [1.29, 1.82) is 0 Å². The van der Waals surface area contributed by atoms with Gasteiger partial charge < -0.3 is 10.2 Å². The Morgan fingerprint density at radius 1 is 1.44 bits per heavy atom. The Hall–Kier alpha value is -1.35. The molecule has 1 N–H and O–H groups in total. The maximum atomic E-state index is 12.4. The van der Waals surface area contributed by atoms with E-state index < -0.39 is 0 Å². The number of aryl methyl sites for hydroxylation is 1. The molecule has 1 fully saturated rings. The molecule has 0 saturated carbocycles. The summed E-state index contributed by atoms with van der Waals surface area (Å²) >= 11 is 0. The lowest BCUT2D eigenvalue weighted by molar-refractivity contribution is 0.0786. The van der Waals surface area contributed by atoms with Gasteiger partial charge in [0.15, 0.2) is 0 Å². The number of hydrogen-bond donors (Lipinski definition) is 1. The standard InChI is InChI=1S/C15H22N2O/c1-12-5-3-4-6-14(12)15(18)17-10-8-13(11-17)7-9-16-2/h3-6,13,16H,7-11H2,1-2H3. The van der Waals surface area contributed by atoms with Crippen molar-refractivity contribution in [3.8, 4) is 0 Å². The minimum absolute atomic E-state index is 0.194. The number of likely N-dealkylation sites (tertiary alicyclic amines) is 1. The van der Waals surface area contributed by atoms with Gasteiger partial charge in [0.25, 0.3) is 5.91 Å². The molecule has 1 atom stereocenters. The topological polar surface area (TPSA) is 32.3 Å².